The van der Waals surface area contributed by atoms with Gasteiger partial charge in [-0.15, -0.1) is 23.1 Å². The number of piperidine rings is 1. The van der Waals surface area contributed by atoms with Crippen molar-refractivity contribution in [2.75, 3.05) is 18.8 Å². The van der Waals surface area contributed by atoms with Gasteiger partial charge in [0, 0.05) is 35.2 Å². The van der Waals surface area contributed by atoms with Gasteiger partial charge in [0.2, 0.25) is 10.0 Å². The Kier molecular flexibility index (Phi) is 6.91. The summed E-state index contributed by atoms with van der Waals surface area (Å²) in [5.41, 5.74) is 3.46. The van der Waals surface area contributed by atoms with Crippen molar-refractivity contribution in [1.82, 2.24) is 14.6 Å². The fourth-order valence-corrected chi connectivity index (χ4v) is 5.71. The van der Waals surface area contributed by atoms with Crippen molar-refractivity contribution in [1.29, 1.82) is 0 Å². The molecular weight excluding hydrogens is 402 g/mol. The maximum absolute atomic E-state index is 12.8. The average molecular weight is 426 g/mol. The SMILES string of the molecule is CCS(=O)(=O)N1CCC(NC(=O)c2ccccc2SCc2cscn2)CC1. The van der Waals surface area contributed by atoms with E-state index in [1.165, 1.54) is 4.31 Å². The standard InChI is InChI=1S/C18H23N3O3S3/c1-2-27(23,24)21-9-7-14(8-10-21)20-18(22)16-5-3-4-6-17(16)26-12-15-11-25-13-19-15/h3-6,11,13-14H,2,7-10,12H2,1H3,(H,20,22). The van der Waals surface area contributed by atoms with Gasteiger partial charge in [-0.05, 0) is 31.9 Å². The van der Waals surface area contributed by atoms with Crippen LogP contribution < -0.4 is 5.32 Å². The number of carbonyl (C=O) groups excluding carboxylic acids is 1. The molecule has 146 valence electrons. The summed E-state index contributed by atoms with van der Waals surface area (Å²) in [5, 5.41) is 5.08. The van der Waals surface area contributed by atoms with E-state index in [-0.39, 0.29) is 17.7 Å². The summed E-state index contributed by atoms with van der Waals surface area (Å²) in [5.74, 6) is 0.738. The van der Waals surface area contributed by atoms with E-state index in [0.29, 0.717) is 31.5 Å². The molecule has 2 aromatic rings. The lowest BCUT2D eigenvalue weighted by atomic mass is 10.1. The van der Waals surface area contributed by atoms with Crippen LogP contribution in [-0.4, -0.2) is 48.5 Å². The van der Waals surface area contributed by atoms with E-state index in [1.807, 2.05) is 29.6 Å². The number of thioether (sulfide) groups is 1. The fraction of sp³-hybridized carbons (Fsp3) is 0.444. The van der Waals surface area contributed by atoms with E-state index in [4.69, 9.17) is 0 Å². The van der Waals surface area contributed by atoms with Gasteiger partial charge in [-0.25, -0.2) is 17.7 Å². The first-order chi connectivity index (χ1) is 13.0. The minimum Gasteiger partial charge on any atom is -0.349 e. The van der Waals surface area contributed by atoms with E-state index >= 15 is 0 Å². The summed E-state index contributed by atoms with van der Waals surface area (Å²) in [6.07, 6.45) is 1.28. The normalized spacial score (nSPS) is 16.3. The van der Waals surface area contributed by atoms with E-state index in [9.17, 15) is 13.2 Å². The molecule has 1 aromatic heterocycles. The van der Waals surface area contributed by atoms with Gasteiger partial charge >= 0.3 is 0 Å². The minimum atomic E-state index is -3.15. The smallest absolute Gasteiger partial charge is 0.252 e. The van der Waals surface area contributed by atoms with Crippen molar-refractivity contribution in [3.63, 3.8) is 0 Å². The molecular formula is C18H23N3O3S3. The van der Waals surface area contributed by atoms with Crippen molar-refractivity contribution in [2.24, 2.45) is 0 Å². The van der Waals surface area contributed by atoms with Crippen molar-refractivity contribution in [3.8, 4) is 0 Å². The lowest BCUT2D eigenvalue weighted by Gasteiger charge is -2.31. The Morgan fingerprint density at radius 3 is 2.74 bits per heavy atom. The molecule has 0 bridgehead atoms. The van der Waals surface area contributed by atoms with Crippen LogP contribution in [0.2, 0.25) is 0 Å². The monoisotopic (exact) mass is 425 g/mol. The predicted octanol–water partition coefficient (Wildman–Crippen LogP) is 2.98. The zero-order chi connectivity index (χ0) is 19.3. The highest BCUT2D eigenvalue weighted by atomic mass is 32.2. The Hall–Kier alpha value is -1.42. The number of aromatic nitrogens is 1. The molecule has 9 heteroatoms. The molecule has 0 atom stereocenters. The molecule has 1 aromatic carbocycles. The van der Waals surface area contributed by atoms with Crippen molar-refractivity contribution < 1.29 is 13.2 Å². The molecule has 1 N–H and O–H groups in total. The summed E-state index contributed by atoms with van der Waals surface area (Å²) in [7, 11) is -3.15. The number of rotatable bonds is 7. The Morgan fingerprint density at radius 1 is 1.33 bits per heavy atom. The predicted molar refractivity (Wildman–Crippen MR) is 110 cm³/mol. The van der Waals surface area contributed by atoms with Crippen molar-refractivity contribution in [2.45, 2.75) is 36.5 Å². The molecule has 3 rings (SSSR count). The Morgan fingerprint density at radius 2 is 2.07 bits per heavy atom. The highest BCUT2D eigenvalue weighted by molar-refractivity contribution is 7.98. The summed E-state index contributed by atoms with van der Waals surface area (Å²) in [6, 6.07) is 7.56. The molecule has 1 saturated heterocycles. The van der Waals surface area contributed by atoms with Crippen molar-refractivity contribution >= 4 is 39.0 Å². The fourth-order valence-electron chi connectivity index (χ4n) is 2.96. The maximum Gasteiger partial charge on any atom is 0.252 e. The number of benzene rings is 1. The lowest BCUT2D eigenvalue weighted by molar-refractivity contribution is 0.0921. The first-order valence-electron chi connectivity index (χ1n) is 8.87. The van der Waals surface area contributed by atoms with E-state index in [1.54, 1.807) is 35.5 Å². The van der Waals surface area contributed by atoms with Gasteiger partial charge < -0.3 is 5.32 Å². The number of hydrogen-bond donors (Lipinski definition) is 1. The second kappa shape index (κ2) is 9.18. The van der Waals surface area contributed by atoms with Crippen LogP contribution in [0.3, 0.4) is 0 Å². The second-order valence-corrected chi connectivity index (χ2v) is 10.3. The number of nitrogens with one attached hydrogen (secondary N) is 1. The van der Waals surface area contributed by atoms with E-state index in [0.717, 1.165) is 16.3 Å². The first-order valence-corrected chi connectivity index (χ1v) is 12.4. The number of hydrogen-bond acceptors (Lipinski definition) is 6. The quantitative estimate of drug-likeness (QED) is 0.690. The zero-order valence-electron chi connectivity index (χ0n) is 15.1. The maximum atomic E-state index is 12.8. The van der Waals surface area contributed by atoms with Gasteiger partial charge in [0.15, 0.2) is 0 Å². The molecule has 0 saturated carbocycles. The third-order valence-electron chi connectivity index (χ3n) is 4.54. The molecule has 2 heterocycles. The number of sulfonamides is 1. The average Bonchev–Trinajstić information content (AvgIpc) is 3.20. The third-order valence-corrected chi connectivity index (χ3v) is 8.16. The van der Waals surface area contributed by atoms with Gasteiger partial charge in [0.1, 0.15) is 0 Å². The number of carbonyl (C=O) groups is 1. The highest BCUT2D eigenvalue weighted by Gasteiger charge is 2.27. The Balaban J connectivity index is 1.59. The molecule has 0 aliphatic carbocycles. The molecule has 1 amide bonds. The molecule has 0 spiro atoms. The van der Waals surface area contributed by atoms with Crippen LogP contribution in [0.25, 0.3) is 0 Å². The van der Waals surface area contributed by atoms with Gasteiger partial charge in [-0.1, -0.05) is 12.1 Å². The van der Waals surface area contributed by atoms with Gasteiger partial charge in [-0.3, -0.25) is 4.79 Å². The largest absolute Gasteiger partial charge is 0.349 e. The minimum absolute atomic E-state index is 0.00240. The second-order valence-electron chi connectivity index (χ2n) is 6.31. The number of nitrogens with zero attached hydrogens (tertiary/aromatic N) is 2. The molecule has 6 nitrogen and oxygen atoms in total. The summed E-state index contributed by atoms with van der Waals surface area (Å²) in [6.45, 7) is 2.58. The van der Waals surface area contributed by atoms with Crippen molar-refractivity contribution in [3.05, 3.63) is 46.4 Å². The van der Waals surface area contributed by atoms with E-state index in [2.05, 4.69) is 10.3 Å². The van der Waals surface area contributed by atoms with E-state index < -0.39 is 10.0 Å². The topological polar surface area (TPSA) is 79.4 Å². The molecule has 1 fully saturated rings. The number of amides is 1. The lowest BCUT2D eigenvalue weighted by Crippen LogP contribution is -2.46. The third kappa shape index (κ3) is 5.31. The summed E-state index contributed by atoms with van der Waals surface area (Å²) >= 11 is 3.16. The molecule has 0 unspecified atom stereocenters. The van der Waals surface area contributed by atoms with Crippen LogP contribution in [0.1, 0.15) is 35.8 Å². The van der Waals surface area contributed by atoms with Gasteiger partial charge in [0.05, 0.1) is 22.5 Å². The van der Waals surface area contributed by atoms with Crippen LogP contribution in [-0.2, 0) is 15.8 Å². The Bertz CT molecular complexity index is 861. The van der Waals surface area contributed by atoms with Crippen LogP contribution in [0.5, 0.6) is 0 Å². The first kappa shape index (κ1) is 20.3. The Labute approximate surface area is 168 Å². The van der Waals surface area contributed by atoms with Crippen LogP contribution in [0, 0.1) is 0 Å². The van der Waals surface area contributed by atoms with Gasteiger partial charge in [-0.2, -0.15) is 0 Å². The highest BCUT2D eigenvalue weighted by Crippen LogP contribution is 2.26. The summed E-state index contributed by atoms with van der Waals surface area (Å²) in [4.78, 5) is 18.0. The molecule has 1 aliphatic rings. The zero-order valence-corrected chi connectivity index (χ0v) is 17.6. The van der Waals surface area contributed by atoms with Gasteiger partial charge in [0.25, 0.3) is 5.91 Å². The van der Waals surface area contributed by atoms with Crippen LogP contribution in [0.4, 0.5) is 0 Å². The summed E-state index contributed by atoms with van der Waals surface area (Å²) < 4.78 is 25.4. The molecule has 1 aliphatic heterocycles. The van der Waals surface area contributed by atoms with Crippen LogP contribution >= 0.6 is 23.1 Å². The van der Waals surface area contributed by atoms with Crippen LogP contribution in [0.15, 0.2) is 40.1 Å². The molecule has 27 heavy (non-hydrogen) atoms. The number of thiazole rings is 1. The molecule has 0 radical (unpaired) electrons.